The topological polar surface area (TPSA) is 56.0 Å². The van der Waals surface area contributed by atoms with Gasteiger partial charge in [0.15, 0.2) is 0 Å². The first kappa shape index (κ1) is 10.5. The lowest BCUT2D eigenvalue weighted by Gasteiger charge is -2.27. The number of aliphatic hydroxyl groups excluding tert-OH is 1. The molecule has 2 N–H and O–H groups in total. The molecule has 0 aromatic rings. The molecule has 1 fully saturated rings. The van der Waals surface area contributed by atoms with E-state index in [9.17, 15) is 0 Å². The Bertz CT molecular complexity index is 200. The molecule has 74 valence electrons. The van der Waals surface area contributed by atoms with Gasteiger partial charge in [-0.3, -0.25) is 5.32 Å². The predicted octanol–water partition coefficient (Wildman–Crippen LogP) is 1.04. The van der Waals surface area contributed by atoms with Crippen LogP contribution in [0.1, 0.15) is 32.6 Å². The Morgan fingerprint density at radius 1 is 1.69 bits per heavy atom. The molecule has 0 heterocycles. The fraction of sp³-hybridized carbons (Fsp3) is 0.900. The summed E-state index contributed by atoms with van der Waals surface area (Å²) in [5, 5.41) is 21.0. The summed E-state index contributed by atoms with van der Waals surface area (Å²) >= 11 is 0. The van der Waals surface area contributed by atoms with Crippen molar-refractivity contribution in [3.8, 4) is 6.07 Å². The Kier molecular flexibility index (Phi) is 3.71. The standard InChI is InChI=1S/C10H18N2O/c1-9-4-2-5-10(9,8-11)12-6-3-7-13/h9,12-13H,2-7H2,1H3. The quantitative estimate of drug-likeness (QED) is 0.639. The SMILES string of the molecule is CC1CCCC1(C#N)NCCCO. The average Bonchev–Trinajstić information content (AvgIpc) is 2.49. The number of hydrogen-bond donors (Lipinski definition) is 2. The van der Waals surface area contributed by atoms with E-state index in [0.29, 0.717) is 5.92 Å². The van der Waals surface area contributed by atoms with Gasteiger partial charge in [0, 0.05) is 6.61 Å². The van der Waals surface area contributed by atoms with E-state index in [1.807, 2.05) is 0 Å². The molecule has 0 bridgehead atoms. The zero-order valence-electron chi connectivity index (χ0n) is 8.21. The van der Waals surface area contributed by atoms with Gasteiger partial charge in [-0.05, 0) is 31.7 Å². The van der Waals surface area contributed by atoms with Crippen LogP contribution in [-0.4, -0.2) is 23.8 Å². The van der Waals surface area contributed by atoms with Gasteiger partial charge >= 0.3 is 0 Å². The van der Waals surface area contributed by atoms with Gasteiger partial charge in [0.1, 0.15) is 5.54 Å². The number of nitriles is 1. The maximum Gasteiger partial charge on any atom is 0.109 e. The molecule has 1 rings (SSSR count). The van der Waals surface area contributed by atoms with Crippen LogP contribution in [0.3, 0.4) is 0 Å². The molecular weight excluding hydrogens is 164 g/mol. The summed E-state index contributed by atoms with van der Waals surface area (Å²) in [6, 6.07) is 2.39. The third-order valence-corrected chi connectivity index (χ3v) is 3.02. The minimum Gasteiger partial charge on any atom is -0.396 e. The molecule has 0 saturated heterocycles. The molecule has 0 aliphatic heterocycles. The summed E-state index contributed by atoms with van der Waals surface area (Å²) in [7, 11) is 0. The van der Waals surface area contributed by atoms with Crippen LogP contribution in [0.4, 0.5) is 0 Å². The number of rotatable bonds is 4. The van der Waals surface area contributed by atoms with Gasteiger partial charge < -0.3 is 5.11 Å². The molecular formula is C10H18N2O. The number of nitrogens with one attached hydrogen (secondary N) is 1. The van der Waals surface area contributed by atoms with Gasteiger partial charge in [-0.1, -0.05) is 13.3 Å². The summed E-state index contributed by atoms with van der Waals surface area (Å²) in [6.07, 6.45) is 3.97. The van der Waals surface area contributed by atoms with E-state index >= 15 is 0 Å². The first-order valence-corrected chi connectivity index (χ1v) is 5.02. The van der Waals surface area contributed by atoms with Crippen LogP contribution >= 0.6 is 0 Å². The summed E-state index contributed by atoms with van der Waals surface area (Å²) in [5.74, 6) is 0.441. The summed E-state index contributed by atoms with van der Waals surface area (Å²) in [4.78, 5) is 0. The van der Waals surface area contributed by atoms with E-state index in [1.165, 1.54) is 0 Å². The molecule has 1 saturated carbocycles. The maximum atomic E-state index is 9.11. The van der Waals surface area contributed by atoms with Crippen molar-refractivity contribution in [2.24, 2.45) is 5.92 Å². The van der Waals surface area contributed by atoms with E-state index in [2.05, 4.69) is 18.3 Å². The summed E-state index contributed by atoms with van der Waals surface area (Å²) in [6.45, 7) is 3.07. The van der Waals surface area contributed by atoms with Crippen molar-refractivity contribution in [1.29, 1.82) is 5.26 Å². The van der Waals surface area contributed by atoms with Gasteiger partial charge in [0.05, 0.1) is 6.07 Å². The maximum absolute atomic E-state index is 9.11. The fourth-order valence-electron chi connectivity index (χ4n) is 2.04. The third kappa shape index (κ3) is 2.20. The second-order valence-corrected chi connectivity index (χ2v) is 3.88. The van der Waals surface area contributed by atoms with Crippen molar-refractivity contribution in [3.63, 3.8) is 0 Å². The minimum atomic E-state index is -0.310. The Morgan fingerprint density at radius 2 is 2.46 bits per heavy atom. The molecule has 0 amide bonds. The minimum absolute atomic E-state index is 0.197. The lowest BCUT2D eigenvalue weighted by Crippen LogP contribution is -2.46. The van der Waals surface area contributed by atoms with Crippen LogP contribution in [0.15, 0.2) is 0 Å². The van der Waals surface area contributed by atoms with Crippen LogP contribution in [0.25, 0.3) is 0 Å². The van der Waals surface area contributed by atoms with Crippen molar-refractivity contribution < 1.29 is 5.11 Å². The molecule has 3 nitrogen and oxygen atoms in total. The second kappa shape index (κ2) is 4.59. The molecule has 1 aliphatic rings. The van der Waals surface area contributed by atoms with E-state index in [0.717, 1.165) is 32.2 Å². The molecule has 0 aromatic heterocycles. The third-order valence-electron chi connectivity index (χ3n) is 3.02. The Balaban J connectivity index is 2.46. The molecule has 0 spiro atoms. The van der Waals surface area contributed by atoms with Crippen molar-refractivity contribution in [2.75, 3.05) is 13.2 Å². The number of hydrogen-bond acceptors (Lipinski definition) is 3. The van der Waals surface area contributed by atoms with Gasteiger partial charge in [0.25, 0.3) is 0 Å². The highest BCUT2D eigenvalue weighted by Gasteiger charge is 2.39. The van der Waals surface area contributed by atoms with Crippen LogP contribution < -0.4 is 5.32 Å². The number of aliphatic hydroxyl groups is 1. The van der Waals surface area contributed by atoms with E-state index in [4.69, 9.17) is 10.4 Å². The summed E-state index contributed by atoms with van der Waals surface area (Å²) in [5.41, 5.74) is -0.310. The zero-order valence-corrected chi connectivity index (χ0v) is 8.21. The van der Waals surface area contributed by atoms with Gasteiger partial charge in [-0.25, -0.2) is 0 Å². The Labute approximate surface area is 79.8 Å². The van der Waals surface area contributed by atoms with Gasteiger partial charge in [-0.15, -0.1) is 0 Å². The molecule has 2 unspecified atom stereocenters. The average molecular weight is 182 g/mol. The number of nitrogens with zero attached hydrogens (tertiary/aromatic N) is 1. The monoisotopic (exact) mass is 182 g/mol. The van der Waals surface area contributed by atoms with Crippen molar-refractivity contribution in [2.45, 2.75) is 38.1 Å². The van der Waals surface area contributed by atoms with Gasteiger partial charge in [-0.2, -0.15) is 5.26 Å². The molecule has 0 radical (unpaired) electrons. The van der Waals surface area contributed by atoms with Crippen LogP contribution in [0.2, 0.25) is 0 Å². The van der Waals surface area contributed by atoms with Crippen LogP contribution in [0.5, 0.6) is 0 Å². The molecule has 2 atom stereocenters. The van der Waals surface area contributed by atoms with E-state index < -0.39 is 0 Å². The molecule has 1 aliphatic carbocycles. The van der Waals surface area contributed by atoms with Crippen molar-refractivity contribution >= 4 is 0 Å². The fourth-order valence-corrected chi connectivity index (χ4v) is 2.04. The molecule has 13 heavy (non-hydrogen) atoms. The Hall–Kier alpha value is -0.590. The smallest absolute Gasteiger partial charge is 0.109 e. The lowest BCUT2D eigenvalue weighted by molar-refractivity contribution is 0.268. The zero-order chi connectivity index (χ0) is 9.73. The highest BCUT2D eigenvalue weighted by atomic mass is 16.3. The van der Waals surface area contributed by atoms with Gasteiger partial charge in [0.2, 0.25) is 0 Å². The van der Waals surface area contributed by atoms with Crippen LogP contribution in [-0.2, 0) is 0 Å². The van der Waals surface area contributed by atoms with Crippen molar-refractivity contribution in [1.82, 2.24) is 5.32 Å². The first-order chi connectivity index (χ1) is 6.25. The normalized spacial score (nSPS) is 33.2. The largest absolute Gasteiger partial charge is 0.396 e. The first-order valence-electron chi connectivity index (χ1n) is 5.02. The van der Waals surface area contributed by atoms with Crippen LogP contribution in [0, 0.1) is 17.2 Å². The summed E-state index contributed by atoms with van der Waals surface area (Å²) < 4.78 is 0. The molecule has 3 heteroatoms. The predicted molar refractivity (Wildman–Crippen MR) is 51.1 cm³/mol. The molecule has 0 aromatic carbocycles. The second-order valence-electron chi connectivity index (χ2n) is 3.88. The Morgan fingerprint density at radius 3 is 2.92 bits per heavy atom. The lowest BCUT2D eigenvalue weighted by atomic mass is 9.90. The van der Waals surface area contributed by atoms with E-state index in [-0.39, 0.29) is 12.1 Å². The van der Waals surface area contributed by atoms with Crippen molar-refractivity contribution in [3.05, 3.63) is 0 Å². The van der Waals surface area contributed by atoms with E-state index in [1.54, 1.807) is 0 Å². The highest BCUT2D eigenvalue weighted by molar-refractivity contribution is 5.12. The highest BCUT2D eigenvalue weighted by Crippen LogP contribution is 2.34.